The van der Waals surface area contributed by atoms with Gasteiger partial charge in [-0.25, -0.2) is 14.6 Å². The third kappa shape index (κ3) is 3.52. The molecule has 2 rings (SSSR count). The van der Waals surface area contributed by atoms with Gasteiger partial charge in [0.15, 0.2) is 0 Å². The summed E-state index contributed by atoms with van der Waals surface area (Å²) in [6, 6.07) is 1.37. The third-order valence-corrected chi connectivity index (χ3v) is 3.39. The van der Waals surface area contributed by atoms with E-state index in [-0.39, 0.29) is 16.6 Å². The summed E-state index contributed by atoms with van der Waals surface area (Å²) in [4.78, 5) is 28.4. The fourth-order valence-electron chi connectivity index (χ4n) is 2.05. The van der Waals surface area contributed by atoms with E-state index in [2.05, 4.69) is 4.98 Å². The molecule has 0 bridgehead atoms. The lowest BCUT2D eigenvalue weighted by molar-refractivity contribution is -0.138. The van der Waals surface area contributed by atoms with Gasteiger partial charge in [0.25, 0.3) is 0 Å². The van der Waals surface area contributed by atoms with Crippen molar-refractivity contribution in [2.45, 2.75) is 13.3 Å². The van der Waals surface area contributed by atoms with Crippen LogP contribution in [0.3, 0.4) is 0 Å². The Hall–Kier alpha value is -2.08. The Balaban J connectivity index is 2.12. The molecule has 1 N–H and O–H groups in total. The molecular formula is C14H15ClN2O4. The number of nitrogens with zero attached hydrogens (tertiary/aromatic N) is 2. The maximum atomic E-state index is 11.6. The Morgan fingerprint density at radius 2 is 2.29 bits per heavy atom. The zero-order chi connectivity index (χ0) is 15.4. The van der Waals surface area contributed by atoms with Gasteiger partial charge in [-0.1, -0.05) is 17.7 Å². The topological polar surface area (TPSA) is 79.7 Å². The largest absolute Gasteiger partial charge is 0.478 e. The van der Waals surface area contributed by atoms with E-state index in [0.717, 1.165) is 0 Å². The van der Waals surface area contributed by atoms with Crippen LogP contribution in [0.5, 0.6) is 0 Å². The van der Waals surface area contributed by atoms with Gasteiger partial charge in [0.05, 0.1) is 17.2 Å². The minimum absolute atomic E-state index is 0.0449. The number of carbonyl (C=O) groups excluding carboxylic acids is 1. The summed E-state index contributed by atoms with van der Waals surface area (Å²) in [5.41, 5.74) is 0.690. The van der Waals surface area contributed by atoms with Crippen LogP contribution in [-0.4, -0.2) is 41.7 Å². The molecule has 0 atom stereocenters. The van der Waals surface area contributed by atoms with Gasteiger partial charge in [-0.3, -0.25) is 0 Å². The van der Waals surface area contributed by atoms with Gasteiger partial charge in [-0.05, 0) is 19.4 Å². The molecule has 1 aromatic rings. The number of rotatable bonds is 4. The summed E-state index contributed by atoms with van der Waals surface area (Å²) >= 11 is 6.08. The summed E-state index contributed by atoms with van der Waals surface area (Å²) in [5.74, 6) is -0.850. The van der Waals surface area contributed by atoms with Gasteiger partial charge < -0.3 is 14.7 Å². The van der Waals surface area contributed by atoms with E-state index < -0.39 is 5.97 Å². The first kappa shape index (κ1) is 15.3. The van der Waals surface area contributed by atoms with E-state index in [1.165, 1.54) is 12.3 Å². The molecular weight excluding hydrogens is 296 g/mol. The number of carboxylic acid groups (broad SMARTS) is 1. The van der Waals surface area contributed by atoms with Crippen molar-refractivity contribution in [1.82, 2.24) is 4.98 Å². The van der Waals surface area contributed by atoms with Crippen LogP contribution in [0.4, 0.5) is 5.82 Å². The number of hydrogen-bond donors (Lipinski definition) is 1. The molecule has 0 aromatic carbocycles. The Morgan fingerprint density at radius 1 is 1.52 bits per heavy atom. The molecule has 0 radical (unpaired) electrons. The molecule has 0 fully saturated rings. The van der Waals surface area contributed by atoms with E-state index >= 15 is 0 Å². The predicted molar refractivity (Wildman–Crippen MR) is 77.8 cm³/mol. The van der Waals surface area contributed by atoms with E-state index in [9.17, 15) is 9.59 Å². The zero-order valence-corrected chi connectivity index (χ0v) is 12.3. The number of anilines is 1. The smallest absolute Gasteiger partial charge is 0.337 e. The minimum atomic E-state index is -1.07. The number of carboxylic acids is 1. The molecule has 1 aliphatic heterocycles. The average molecular weight is 311 g/mol. The SMILES string of the molecule is CCOC(=O)C1=CCN(c2ncc(C(=O)O)cc2Cl)CC1. The lowest BCUT2D eigenvalue weighted by atomic mass is 10.1. The quantitative estimate of drug-likeness (QED) is 0.858. The second kappa shape index (κ2) is 6.58. The second-order valence-electron chi connectivity index (χ2n) is 4.48. The Morgan fingerprint density at radius 3 is 2.81 bits per heavy atom. The van der Waals surface area contributed by atoms with Crippen molar-refractivity contribution >= 4 is 29.4 Å². The van der Waals surface area contributed by atoms with E-state index in [1.807, 2.05) is 4.90 Å². The van der Waals surface area contributed by atoms with E-state index in [4.69, 9.17) is 21.4 Å². The molecule has 2 heterocycles. The predicted octanol–water partition coefficient (Wildman–Crippen LogP) is 2.13. The van der Waals surface area contributed by atoms with Gasteiger partial charge in [-0.2, -0.15) is 0 Å². The van der Waals surface area contributed by atoms with Gasteiger partial charge in [0.1, 0.15) is 5.82 Å². The highest BCUT2D eigenvalue weighted by Gasteiger charge is 2.20. The van der Waals surface area contributed by atoms with E-state index in [1.54, 1.807) is 13.0 Å². The molecule has 0 spiro atoms. The number of halogens is 1. The highest BCUT2D eigenvalue weighted by atomic mass is 35.5. The van der Waals surface area contributed by atoms with Crippen molar-refractivity contribution in [2.75, 3.05) is 24.6 Å². The van der Waals surface area contributed by atoms with Crippen LogP contribution < -0.4 is 4.90 Å². The van der Waals surface area contributed by atoms with Crippen molar-refractivity contribution < 1.29 is 19.4 Å². The second-order valence-corrected chi connectivity index (χ2v) is 4.89. The van der Waals surface area contributed by atoms with Crippen molar-refractivity contribution in [1.29, 1.82) is 0 Å². The van der Waals surface area contributed by atoms with Crippen molar-refractivity contribution in [2.24, 2.45) is 0 Å². The summed E-state index contributed by atoms with van der Waals surface area (Å²) in [6.07, 6.45) is 3.59. The van der Waals surface area contributed by atoms with Crippen LogP contribution in [0.1, 0.15) is 23.7 Å². The van der Waals surface area contributed by atoms with Crippen molar-refractivity contribution in [3.05, 3.63) is 34.5 Å². The minimum Gasteiger partial charge on any atom is -0.478 e. The first-order valence-corrected chi connectivity index (χ1v) is 6.90. The van der Waals surface area contributed by atoms with Crippen molar-refractivity contribution in [3.63, 3.8) is 0 Å². The van der Waals surface area contributed by atoms with Gasteiger partial charge >= 0.3 is 11.9 Å². The fourth-order valence-corrected chi connectivity index (χ4v) is 2.34. The number of pyridine rings is 1. The lowest BCUT2D eigenvalue weighted by Crippen LogP contribution is -2.31. The summed E-state index contributed by atoms with van der Waals surface area (Å²) in [5, 5.41) is 9.16. The molecule has 0 saturated heterocycles. The molecule has 0 amide bonds. The average Bonchev–Trinajstić information content (AvgIpc) is 2.47. The number of aromatic nitrogens is 1. The number of carbonyl (C=O) groups is 2. The van der Waals surface area contributed by atoms with Crippen LogP contribution in [0.25, 0.3) is 0 Å². The molecule has 7 heteroatoms. The number of hydrogen-bond acceptors (Lipinski definition) is 5. The lowest BCUT2D eigenvalue weighted by Gasteiger charge is -2.27. The summed E-state index contributed by atoms with van der Waals surface area (Å²) < 4.78 is 4.96. The monoisotopic (exact) mass is 310 g/mol. The highest BCUT2D eigenvalue weighted by Crippen LogP contribution is 2.26. The number of ether oxygens (including phenoxy) is 1. The van der Waals surface area contributed by atoms with Crippen LogP contribution in [0.15, 0.2) is 23.9 Å². The first-order chi connectivity index (χ1) is 10.0. The Kier molecular flexibility index (Phi) is 4.80. The van der Waals surface area contributed by atoms with E-state index in [0.29, 0.717) is 37.5 Å². The fraction of sp³-hybridized carbons (Fsp3) is 0.357. The molecule has 112 valence electrons. The van der Waals surface area contributed by atoms with Crippen molar-refractivity contribution in [3.8, 4) is 0 Å². The molecule has 1 aromatic heterocycles. The van der Waals surface area contributed by atoms with Crippen LogP contribution in [-0.2, 0) is 9.53 Å². The normalized spacial score (nSPS) is 14.6. The van der Waals surface area contributed by atoms with Crippen LogP contribution >= 0.6 is 11.6 Å². The summed E-state index contributed by atoms with van der Waals surface area (Å²) in [6.45, 7) is 3.17. The van der Waals surface area contributed by atoms with Crippen LogP contribution in [0.2, 0.25) is 5.02 Å². The number of aromatic carboxylic acids is 1. The molecule has 0 saturated carbocycles. The maximum Gasteiger partial charge on any atom is 0.337 e. The van der Waals surface area contributed by atoms with Gasteiger partial charge in [0, 0.05) is 24.9 Å². The third-order valence-electron chi connectivity index (χ3n) is 3.11. The maximum absolute atomic E-state index is 11.6. The molecule has 1 aliphatic rings. The molecule has 0 aliphatic carbocycles. The summed E-state index contributed by atoms with van der Waals surface area (Å²) in [7, 11) is 0. The first-order valence-electron chi connectivity index (χ1n) is 6.53. The van der Waals surface area contributed by atoms with Gasteiger partial charge in [0.2, 0.25) is 0 Å². The van der Waals surface area contributed by atoms with Gasteiger partial charge in [-0.15, -0.1) is 0 Å². The molecule has 6 nitrogen and oxygen atoms in total. The number of esters is 1. The Bertz CT molecular complexity index is 601. The highest BCUT2D eigenvalue weighted by molar-refractivity contribution is 6.33. The molecule has 21 heavy (non-hydrogen) atoms. The van der Waals surface area contributed by atoms with Crippen LogP contribution in [0, 0.1) is 0 Å². The molecule has 0 unspecified atom stereocenters. The standard InChI is InChI=1S/C14H15ClN2O4/c1-2-21-14(20)9-3-5-17(6-4-9)12-11(15)7-10(8-16-12)13(18)19/h3,7-8H,2,4-6H2,1H3,(H,18,19). The Labute approximate surface area is 127 Å². The zero-order valence-electron chi connectivity index (χ0n) is 11.5.